The van der Waals surface area contributed by atoms with Crippen LogP contribution in [0.3, 0.4) is 0 Å². The summed E-state index contributed by atoms with van der Waals surface area (Å²) < 4.78 is 5.42. The van der Waals surface area contributed by atoms with Crippen LogP contribution in [-0.4, -0.2) is 18.6 Å². The quantitative estimate of drug-likeness (QED) is 0.374. The molecule has 3 aromatic rings. The van der Waals surface area contributed by atoms with Crippen LogP contribution < -0.4 is 10.6 Å². The van der Waals surface area contributed by atoms with Gasteiger partial charge in [-0.3, -0.25) is 5.32 Å². The number of ether oxygens (including phenoxy) is 1. The molecule has 0 saturated heterocycles. The Balaban J connectivity index is 1.60. The van der Waals surface area contributed by atoms with Crippen molar-refractivity contribution in [2.24, 2.45) is 0 Å². The van der Waals surface area contributed by atoms with Crippen molar-refractivity contribution in [3.63, 3.8) is 0 Å². The third-order valence-electron chi connectivity index (χ3n) is 6.42. The van der Waals surface area contributed by atoms with Crippen LogP contribution in [-0.2, 0) is 17.6 Å². The summed E-state index contributed by atoms with van der Waals surface area (Å²) >= 11 is 1.54. The first-order chi connectivity index (χ1) is 16.7. The average Bonchev–Trinajstić information content (AvgIpc) is 3.16. The molecule has 4 rings (SSSR count). The first-order valence-corrected chi connectivity index (χ1v) is 13.4. The maximum atomic E-state index is 13.0. The van der Waals surface area contributed by atoms with Gasteiger partial charge in [0.2, 0.25) is 0 Å². The molecule has 34 heavy (non-hydrogen) atoms. The van der Waals surface area contributed by atoms with Crippen LogP contribution in [0.15, 0.2) is 42.5 Å². The predicted octanol–water partition coefficient (Wildman–Crippen LogP) is 7.94. The van der Waals surface area contributed by atoms with Gasteiger partial charge in [-0.25, -0.2) is 9.59 Å². The Kier molecular flexibility index (Phi) is 8.58. The molecule has 0 aliphatic heterocycles. The highest BCUT2D eigenvalue weighted by Crippen LogP contribution is 2.37. The van der Waals surface area contributed by atoms with Crippen molar-refractivity contribution in [3.8, 4) is 0 Å². The van der Waals surface area contributed by atoms with Crippen molar-refractivity contribution in [2.45, 2.75) is 71.1 Å². The van der Waals surface area contributed by atoms with E-state index in [0.717, 1.165) is 47.7 Å². The third-order valence-corrected chi connectivity index (χ3v) is 7.62. The second kappa shape index (κ2) is 12.0. The average molecular weight is 479 g/mol. The number of fused-ring (bicyclic) bond motifs is 2. The summed E-state index contributed by atoms with van der Waals surface area (Å²) in [6.07, 6.45) is 11.4. The normalized spacial score (nSPS) is 15.0. The largest absolute Gasteiger partial charge is 0.462 e. The molecule has 5 nitrogen and oxygen atoms in total. The lowest BCUT2D eigenvalue weighted by Crippen LogP contribution is -2.21. The summed E-state index contributed by atoms with van der Waals surface area (Å²) in [5.74, 6) is -0.340. The lowest BCUT2D eigenvalue weighted by Gasteiger charge is -2.12. The topological polar surface area (TPSA) is 67.4 Å². The molecule has 0 atom stereocenters. The molecule has 2 aromatic carbocycles. The van der Waals surface area contributed by atoms with Crippen LogP contribution in [0.4, 0.5) is 15.5 Å². The molecule has 1 aliphatic rings. The zero-order chi connectivity index (χ0) is 23.8. The molecule has 0 spiro atoms. The molecule has 2 N–H and O–H groups in total. The van der Waals surface area contributed by atoms with E-state index in [1.807, 2.05) is 49.4 Å². The zero-order valence-electron chi connectivity index (χ0n) is 20.0. The number of hydrogen-bond donors (Lipinski definition) is 2. The zero-order valence-corrected chi connectivity index (χ0v) is 20.8. The Morgan fingerprint density at radius 3 is 2.29 bits per heavy atom. The van der Waals surface area contributed by atoms with Gasteiger partial charge in [-0.2, -0.15) is 0 Å². The lowest BCUT2D eigenvalue weighted by molar-refractivity contribution is 0.0526. The lowest BCUT2D eigenvalue weighted by atomic mass is 9.97. The summed E-state index contributed by atoms with van der Waals surface area (Å²) in [6, 6.07) is 13.4. The van der Waals surface area contributed by atoms with Crippen LogP contribution >= 0.6 is 11.3 Å². The molecule has 2 amide bonds. The number of hydrogen-bond acceptors (Lipinski definition) is 4. The van der Waals surface area contributed by atoms with Crippen molar-refractivity contribution in [1.82, 2.24) is 0 Å². The van der Waals surface area contributed by atoms with Gasteiger partial charge in [0.25, 0.3) is 0 Å². The summed E-state index contributed by atoms with van der Waals surface area (Å²) in [5.41, 5.74) is 2.36. The fraction of sp³-hybridized carbons (Fsp3) is 0.429. The fourth-order valence-electron chi connectivity index (χ4n) is 4.72. The first kappa shape index (κ1) is 24.3. The Hall–Kier alpha value is -2.86. The molecule has 180 valence electrons. The Bertz CT molecular complexity index is 1130. The number of carbonyl (C=O) groups excluding carboxylic acids is 2. The number of benzene rings is 2. The van der Waals surface area contributed by atoms with Gasteiger partial charge in [-0.1, -0.05) is 74.9 Å². The summed E-state index contributed by atoms with van der Waals surface area (Å²) in [6.45, 7) is 2.13. The minimum Gasteiger partial charge on any atom is -0.462 e. The number of aryl methyl sites for hydroxylation is 1. The van der Waals surface area contributed by atoms with Gasteiger partial charge in [0, 0.05) is 10.3 Å². The molecular weight excluding hydrogens is 444 g/mol. The van der Waals surface area contributed by atoms with Gasteiger partial charge < -0.3 is 10.1 Å². The number of thiophene rings is 1. The second-order valence-corrected chi connectivity index (χ2v) is 9.97. The summed E-state index contributed by atoms with van der Waals surface area (Å²) in [4.78, 5) is 27.3. The molecule has 1 aliphatic carbocycles. The third kappa shape index (κ3) is 5.98. The van der Waals surface area contributed by atoms with E-state index in [1.165, 1.54) is 54.7 Å². The number of amides is 2. The maximum absolute atomic E-state index is 13.0. The smallest absolute Gasteiger partial charge is 0.341 e. The molecule has 0 saturated carbocycles. The van der Waals surface area contributed by atoms with Gasteiger partial charge in [0.05, 0.1) is 17.9 Å². The van der Waals surface area contributed by atoms with Crippen molar-refractivity contribution < 1.29 is 14.3 Å². The molecule has 1 aromatic heterocycles. The minimum atomic E-state index is -0.348. The molecule has 0 unspecified atom stereocenters. The van der Waals surface area contributed by atoms with Crippen LogP contribution in [0.25, 0.3) is 10.8 Å². The van der Waals surface area contributed by atoms with E-state index in [-0.39, 0.29) is 12.0 Å². The standard InChI is InChI=1S/C28H34N2O3S/c1-2-33-27(31)25-22-17-9-7-5-3-4-6-8-10-19-24(22)34-26(25)30-28(32)29-23-18-13-15-20-14-11-12-16-21(20)23/h11-16,18H,2-10,17,19H2,1H3,(H2,29,30,32). The highest BCUT2D eigenvalue weighted by Gasteiger charge is 2.25. The van der Waals surface area contributed by atoms with Crippen molar-refractivity contribution in [1.29, 1.82) is 0 Å². The predicted molar refractivity (Wildman–Crippen MR) is 141 cm³/mol. The van der Waals surface area contributed by atoms with E-state index in [9.17, 15) is 9.59 Å². The number of nitrogens with one attached hydrogen (secondary N) is 2. The first-order valence-electron chi connectivity index (χ1n) is 12.5. The van der Waals surface area contributed by atoms with Crippen molar-refractivity contribution in [2.75, 3.05) is 17.2 Å². The molecule has 0 fully saturated rings. The van der Waals surface area contributed by atoms with E-state index in [2.05, 4.69) is 10.6 Å². The van der Waals surface area contributed by atoms with Crippen molar-refractivity contribution in [3.05, 3.63) is 58.5 Å². The fourth-order valence-corrected chi connectivity index (χ4v) is 6.00. The van der Waals surface area contributed by atoms with E-state index in [4.69, 9.17) is 4.74 Å². The maximum Gasteiger partial charge on any atom is 0.341 e. The molecule has 1 heterocycles. The Morgan fingerprint density at radius 1 is 0.853 bits per heavy atom. The minimum absolute atomic E-state index is 0.311. The summed E-state index contributed by atoms with van der Waals surface area (Å²) in [7, 11) is 0. The van der Waals surface area contributed by atoms with Gasteiger partial charge in [-0.15, -0.1) is 11.3 Å². The van der Waals surface area contributed by atoms with Crippen molar-refractivity contribution >= 4 is 44.8 Å². The van der Waals surface area contributed by atoms with E-state index in [0.29, 0.717) is 17.2 Å². The van der Waals surface area contributed by atoms with Gasteiger partial charge in [-0.05, 0) is 49.6 Å². The monoisotopic (exact) mass is 478 g/mol. The number of urea groups is 1. The van der Waals surface area contributed by atoms with Crippen LogP contribution in [0.2, 0.25) is 0 Å². The van der Waals surface area contributed by atoms with Gasteiger partial charge in [0.15, 0.2) is 0 Å². The Labute approximate surface area is 205 Å². The van der Waals surface area contributed by atoms with Crippen LogP contribution in [0.5, 0.6) is 0 Å². The van der Waals surface area contributed by atoms with Crippen LogP contribution in [0, 0.1) is 0 Å². The van der Waals surface area contributed by atoms with Crippen LogP contribution in [0.1, 0.15) is 79.1 Å². The number of anilines is 2. The number of esters is 1. The number of carbonyl (C=O) groups is 2. The highest BCUT2D eigenvalue weighted by atomic mass is 32.1. The summed E-state index contributed by atoms with van der Waals surface area (Å²) in [5, 5.41) is 8.59. The van der Waals surface area contributed by atoms with E-state index in [1.54, 1.807) is 0 Å². The van der Waals surface area contributed by atoms with Gasteiger partial charge in [0.1, 0.15) is 5.00 Å². The number of rotatable bonds is 4. The molecule has 0 bridgehead atoms. The van der Waals surface area contributed by atoms with E-state index < -0.39 is 0 Å². The Morgan fingerprint density at radius 2 is 1.53 bits per heavy atom. The highest BCUT2D eigenvalue weighted by molar-refractivity contribution is 7.17. The second-order valence-electron chi connectivity index (χ2n) is 8.86. The molecule has 6 heteroatoms. The molecule has 0 radical (unpaired) electrons. The van der Waals surface area contributed by atoms with Gasteiger partial charge >= 0.3 is 12.0 Å². The SMILES string of the molecule is CCOC(=O)c1c(NC(=O)Nc2cccc3ccccc23)sc2c1CCCCCCCCCC2. The van der Waals surface area contributed by atoms with E-state index >= 15 is 0 Å². The molecular formula is C28H34N2O3S.